The van der Waals surface area contributed by atoms with Crippen LogP contribution in [-0.4, -0.2) is 61.9 Å². The molecule has 0 saturated carbocycles. The summed E-state index contributed by atoms with van der Waals surface area (Å²) in [4.78, 5) is 45.8. The number of ether oxygens (including phenoxy) is 1. The maximum absolute atomic E-state index is 16.3. The van der Waals surface area contributed by atoms with Crippen LogP contribution >= 0.6 is 15.9 Å². The van der Waals surface area contributed by atoms with Crippen LogP contribution in [0.15, 0.2) is 77.3 Å². The summed E-state index contributed by atoms with van der Waals surface area (Å²) in [6, 6.07) is 22.9. The number of aliphatic hydroxyl groups is 1. The fraction of sp³-hybridized carbons (Fsp3) is 0.417. The van der Waals surface area contributed by atoms with Gasteiger partial charge in [-0.1, -0.05) is 65.3 Å². The van der Waals surface area contributed by atoms with Gasteiger partial charge in [0.1, 0.15) is 0 Å². The van der Waals surface area contributed by atoms with E-state index in [0.717, 1.165) is 27.7 Å². The van der Waals surface area contributed by atoms with Crippen LogP contribution in [0.4, 0.5) is 15.5 Å². The van der Waals surface area contributed by atoms with Gasteiger partial charge in [0, 0.05) is 53.2 Å². The van der Waals surface area contributed by atoms with Crippen LogP contribution in [-0.2, 0) is 37.8 Å². The summed E-state index contributed by atoms with van der Waals surface area (Å²) >= 11 is 3.58. The topological polar surface area (TPSA) is 90.4 Å². The lowest BCUT2D eigenvalue weighted by Gasteiger charge is -2.31. The van der Waals surface area contributed by atoms with Gasteiger partial charge in [0.2, 0.25) is 20.2 Å². The van der Waals surface area contributed by atoms with Gasteiger partial charge >= 0.3 is 0 Å². The van der Waals surface area contributed by atoms with Crippen LogP contribution in [0.25, 0.3) is 0 Å². The van der Waals surface area contributed by atoms with E-state index < -0.39 is 31.6 Å². The Morgan fingerprint density at radius 1 is 1.09 bits per heavy atom. The first-order valence-electron chi connectivity index (χ1n) is 16.2. The minimum absolute atomic E-state index is 0.1000. The van der Waals surface area contributed by atoms with E-state index in [1.54, 1.807) is 27.8 Å². The lowest BCUT2D eigenvalue weighted by Crippen LogP contribution is -2.45. The lowest BCUT2D eigenvalue weighted by molar-refractivity contribution is -0.150. The third-order valence-corrected chi connectivity index (χ3v) is 12.8. The van der Waals surface area contributed by atoms with E-state index >= 15 is 4.11 Å². The summed E-state index contributed by atoms with van der Waals surface area (Å²) in [6.45, 7) is 6.33. The van der Waals surface area contributed by atoms with Gasteiger partial charge in [0.15, 0.2) is 5.60 Å². The molecule has 2 fully saturated rings. The molecule has 11 heteroatoms. The smallest absolute Gasteiger partial charge is 0.264 e. The Kier molecular flexibility index (Phi) is 9.45. The zero-order valence-corrected chi connectivity index (χ0v) is 29.6. The molecule has 3 aliphatic heterocycles. The summed E-state index contributed by atoms with van der Waals surface area (Å²) < 4.78 is 23.9. The van der Waals surface area contributed by atoms with Crippen molar-refractivity contribution in [2.24, 2.45) is 5.92 Å². The van der Waals surface area contributed by atoms with Crippen LogP contribution in [0.5, 0.6) is 0 Å². The Bertz CT molecular complexity index is 1650. The molecule has 6 rings (SSSR count). The van der Waals surface area contributed by atoms with Gasteiger partial charge in [-0.3, -0.25) is 14.4 Å². The fourth-order valence-electron chi connectivity index (χ4n) is 7.78. The third-order valence-electron chi connectivity index (χ3n) is 9.90. The average molecular weight is 723 g/mol. The van der Waals surface area contributed by atoms with Gasteiger partial charge in [-0.25, -0.2) is 0 Å². The van der Waals surface area contributed by atoms with Crippen molar-refractivity contribution in [3.8, 4) is 0 Å². The van der Waals surface area contributed by atoms with Gasteiger partial charge < -0.3 is 28.7 Å². The summed E-state index contributed by atoms with van der Waals surface area (Å²) in [6.07, 6.45) is 0.467. The van der Waals surface area contributed by atoms with Gasteiger partial charge in [-0.2, -0.15) is 0 Å². The van der Waals surface area contributed by atoms with Crippen molar-refractivity contribution in [2.45, 2.75) is 69.6 Å². The van der Waals surface area contributed by atoms with E-state index in [2.05, 4.69) is 15.9 Å². The number of carbonyl (C=O) groups excluding carboxylic acids is 3. The molecule has 0 bridgehead atoms. The number of carbonyl (C=O) groups is 3. The molecule has 0 radical (unpaired) electrons. The normalized spacial score (nSPS) is 24.0. The summed E-state index contributed by atoms with van der Waals surface area (Å²) in [5, 5.41) is 9.77. The van der Waals surface area contributed by atoms with Crippen LogP contribution in [0, 0.1) is 5.92 Å². The first kappa shape index (κ1) is 33.5. The van der Waals surface area contributed by atoms with Crippen molar-refractivity contribution in [3.63, 3.8) is 0 Å². The SMILES string of the molecule is C[C@H]1[C@H]([Si](C)(C)F)[C@@H](CC(=O)N(CCO)Cc2ccccc2)O[C@]12C(=O)N(Cc1ccc(N3CCCC3=O)cc1)c1ccc(Br)cc12. The number of aliphatic hydroxyl groups excluding tert-OH is 1. The van der Waals surface area contributed by atoms with Crippen molar-refractivity contribution in [3.05, 3.63) is 94.0 Å². The molecule has 2 saturated heterocycles. The molecule has 1 spiro atoms. The van der Waals surface area contributed by atoms with E-state index in [1.807, 2.05) is 79.7 Å². The first-order valence-corrected chi connectivity index (χ1v) is 20.0. The van der Waals surface area contributed by atoms with Gasteiger partial charge in [0.25, 0.3) is 5.91 Å². The maximum Gasteiger partial charge on any atom is 0.264 e. The molecule has 3 aliphatic rings. The Hall–Kier alpha value is -3.38. The Morgan fingerprint density at radius 3 is 2.45 bits per heavy atom. The third kappa shape index (κ3) is 6.30. The Labute approximate surface area is 284 Å². The van der Waals surface area contributed by atoms with Gasteiger partial charge in [-0.15, -0.1) is 0 Å². The van der Waals surface area contributed by atoms with Crippen molar-refractivity contribution < 1.29 is 28.3 Å². The number of hydrogen-bond donors (Lipinski definition) is 1. The van der Waals surface area contributed by atoms with Crippen molar-refractivity contribution in [1.29, 1.82) is 0 Å². The fourth-order valence-corrected chi connectivity index (χ4v) is 10.6. The Balaban J connectivity index is 1.31. The summed E-state index contributed by atoms with van der Waals surface area (Å²) in [5.74, 6) is -0.954. The van der Waals surface area contributed by atoms with E-state index in [-0.39, 0.29) is 43.8 Å². The predicted octanol–water partition coefficient (Wildman–Crippen LogP) is 6.31. The van der Waals surface area contributed by atoms with Gasteiger partial charge in [-0.05, 0) is 61.0 Å². The van der Waals surface area contributed by atoms with E-state index in [0.29, 0.717) is 30.8 Å². The molecule has 0 aromatic heterocycles. The highest BCUT2D eigenvalue weighted by atomic mass is 79.9. The highest BCUT2D eigenvalue weighted by Gasteiger charge is 2.67. The Morgan fingerprint density at radius 2 is 1.81 bits per heavy atom. The monoisotopic (exact) mass is 721 g/mol. The molecule has 47 heavy (non-hydrogen) atoms. The van der Waals surface area contributed by atoms with Gasteiger partial charge in [0.05, 0.1) is 31.4 Å². The number of hydrogen-bond acceptors (Lipinski definition) is 5. The molecule has 3 amide bonds. The van der Waals surface area contributed by atoms with E-state index in [1.165, 1.54) is 0 Å². The minimum Gasteiger partial charge on any atom is -0.395 e. The number of benzene rings is 3. The number of fused-ring (bicyclic) bond motifs is 2. The summed E-state index contributed by atoms with van der Waals surface area (Å²) in [5.41, 5.74) is 1.90. The largest absolute Gasteiger partial charge is 0.395 e. The van der Waals surface area contributed by atoms with Crippen molar-refractivity contribution in [2.75, 3.05) is 29.5 Å². The molecule has 1 N–H and O–H groups in total. The molecule has 4 atom stereocenters. The molecular weight excluding hydrogens is 681 g/mol. The zero-order valence-electron chi connectivity index (χ0n) is 27.0. The number of nitrogens with zero attached hydrogens (tertiary/aromatic N) is 3. The van der Waals surface area contributed by atoms with E-state index in [9.17, 15) is 19.5 Å². The molecular formula is C36H41BrFN3O5Si. The standard InChI is InChI=1S/C36H41BrFN3O5Si/c1-24-34(47(2,3)38)31(21-33(44)39(18-19-42)22-25-8-5-4-6-9-25)46-36(24)29-20-27(37)13-16-30(29)41(35(36)45)23-26-11-14-28(15-12-26)40-17-7-10-32(40)43/h4-6,8-9,11-16,20,24,31,34,42H,7,10,17-19,21-23H2,1-3H3/t24-,31+,34-,36+/m0/s1. The molecule has 0 unspecified atom stereocenters. The second-order valence-corrected chi connectivity index (χ2v) is 18.1. The number of amides is 3. The lowest BCUT2D eigenvalue weighted by atomic mass is 9.82. The van der Waals surface area contributed by atoms with Crippen LogP contribution in [0.2, 0.25) is 18.6 Å². The minimum atomic E-state index is -3.48. The number of halogens is 2. The van der Waals surface area contributed by atoms with E-state index in [4.69, 9.17) is 4.74 Å². The first-order chi connectivity index (χ1) is 22.4. The van der Waals surface area contributed by atoms with Crippen LogP contribution in [0.3, 0.4) is 0 Å². The molecule has 248 valence electrons. The average Bonchev–Trinajstić information content (AvgIpc) is 3.66. The van der Waals surface area contributed by atoms with Crippen LogP contribution in [0.1, 0.15) is 42.9 Å². The highest BCUT2D eigenvalue weighted by molar-refractivity contribution is 9.10. The molecule has 0 aliphatic carbocycles. The number of anilines is 2. The summed E-state index contributed by atoms with van der Waals surface area (Å²) in [7, 11) is -3.48. The molecule has 3 aromatic rings. The number of rotatable bonds is 10. The second-order valence-electron chi connectivity index (χ2n) is 13.4. The predicted molar refractivity (Wildman–Crippen MR) is 185 cm³/mol. The molecule has 8 nitrogen and oxygen atoms in total. The molecule has 3 heterocycles. The zero-order chi connectivity index (χ0) is 33.5. The van der Waals surface area contributed by atoms with Crippen molar-refractivity contribution >= 4 is 53.4 Å². The molecule has 3 aromatic carbocycles. The highest BCUT2D eigenvalue weighted by Crippen LogP contribution is 2.60. The quantitative estimate of drug-likeness (QED) is 0.196. The van der Waals surface area contributed by atoms with Crippen LogP contribution < -0.4 is 9.80 Å². The van der Waals surface area contributed by atoms with Crippen molar-refractivity contribution in [1.82, 2.24) is 4.90 Å². The second kappa shape index (κ2) is 13.3. The maximum atomic E-state index is 16.3.